The first-order chi connectivity index (χ1) is 5.37. The lowest BCUT2D eigenvalue weighted by molar-refractivity contribution is -0.236. The molecule has 0 amide bonds. The molecule has 74 valence electrons. The van der Waals surface area contributed by atoms with Crippen LogP contribution in [-0.2, 0) is 4.94 Å². The first kappa shape index (κ1) is 11.5. The maximum atomic E-state index is 12.2. The van der Waals surface area contributed by atoms with Crippen molar-refractivity contribution < 1.29 is 31.4 Å². The number of hydrogen-bond donors (Lipinski definition) is 0. The standard InChI is InChI=1S/C5H6F6O/c6-3-5(9,10)4(7,8)1-2-12-11/h1-3H2. The molecule has 0 rings (SSSR count). The zero-order chi connectivity index (χ0) is 9.83. The van der Waals surface area contributed by atoms with E-state index < -0.39 is 31.5 Å². The lowest BCUT2D eigenvalue weighted by Crippen LogP contribution is -2.42. The van der Waals surface area contributed by atoms with Crippen LogP contribution in [0.1, 0.15) is 6.42 Å². The molecule has 7 heteroatoms. The van der Waals surface area contributed by atoms with E-state index in [1.165, 1.54) is 0 Å². The quantitative estimate of drug-likeness (QED) is 0.614. The molecule has 0 N–H and O–H groups in total. The van der Waals surface area contributed by atoms with Crippen molar-refractivity contribution in [3.63, 3.8) is 0 Å². The van der Waals surface area contributed by atoms with Crippen LogP contribution >= 0.6 is 0 Å². The van der Waals surface area contributed by atoms with Crippen LogP contribution in [0.3, 0.4) is 0 Å². The zero-order valence-corrected chi connectivity index (χ0v) is 5.80. The van der Waals surface area contributed by atoms with E-state index in [9.17, 15) is 26.5 Å². The Balaban J connectivity index is 4.17. The van der Waals surface area contributed by atoms with E-state index in [0.29, 0.717) is 0 Å². The topological polar surface area (TPSA) is 9.23 Å². The summed E-state index contributed by atoms with van der Waals surface area (Å²) in [6.07, 6.45) is -1.56. The first-order valence-electron chi connectivity index (χ1n) is 2.92. The van der Waals surface area contributed by atoms with E-state index in [4.69, 9.17) is 0 Å². The average molecular weight is 196 g/mol. The van der Waals surface area contributed by atoms with Gasteiger partial charge in [-0.3, -0.25) is 0 Å². The number of hydrogen-bond acceptors (Lipinski definition) is 1. The van der Waals surface area contributed by atoms with Gasteiger partial charge in [0.1, 0.15) is 0 Å². The highest BCUT2D eigenvalue weighted by Gasteiger charge is 2.55. The SMILES string of the molecule is FCC(F)(F)C(F)(F)CCOF. The number of alkyl halides is 5. The molecule has 0 aromatic carbocycles. The van der Waals surface area contributed by atoms with Crippen LogP contribution in [0.5, 0.6) is 0 Å². The Hall–Kier alpha value is -0.460. The largest absolute Gasteiger partial charge is 0.337 e. The monoisotopic (exact) mass is 196 g/mol. The lowest BCUT2D eigenvalue weighted by Gasteiger charge is -2.22. The first-order valence-corrected chi connectivity index (χ1v) is 2.92. The Morgan fingerprint density at radius 2 is 1.50 bits per heavy atom. The van der Waals surface area contributed by atoms with Crippen molar-refractivity contribution in [1.82, 2.24) is 0 Å². The maximum absolute atomic E-state index is 12.2. The minimum Gasteiger partial charge on any atom is -0.244 e. The van der Waals surface area contributed by atoms with Gasteiger partial charge in [0.15, 0.2) is 6.67 Å². The smallest absolute Gasteiger partial charge is 0.244 e. The summed E-state index contributed by atoms with van der Waals surface area (Å²) in [7, 11) is 0. The minimum atomic E-state index is -4.76. The van der Waals surface area contributed by atoms with Crippen LogP contribution in [0.4, 0.5) is 26.5 Å². The lowest BCUT2D eigenvalue weighted by atomic mass is 10.1. The fraction of sp³-hybridized carbons (Fsp3) is 1.00. The summed E-state index contributed by atoms with van der Waals surface area (Å²) in [4.78, 5) is 2.68. The van der Waals surface area contributed by atoms with E-state index >= 15 is 0 Å². The Morgan fingerprint density at radius 3 is 1.83 bits per heavy atom. The molecule has 0 spiro atoms. The normalized spacial score (nSPS) is 13.5. The third kappa shape index (κ3) is 2.54. The van der Waals surface area contributed by atoms with Gasteiger partial charge in [-0.25, -0.2) is 4.39 Å². The average Bonchev–Trinajstić information content (AvgIpc) is 2.00. The van der Waals surface area contributed by atoms with Gasteiger partial charge in [-0.2, -0.15) is 22.5 Å². The molecule has 0 heterocycles. The zero-order valence-electron chi connectivity index (χ0n) is 5.80. The van der Waals surface area contributed by atoms with Gasteiger partial charge in [0.25, 0.3) is 0 Å². The molecular weight excluding hydrogens is 190 g/mol. The summed E-state index contributed by atoms with van der Waals surface area (Å²) < 4.78 is 70.4. The van der Waals surface area contributed by atoms with Crippen LogP contribution in [0, 0.1) is 0 Å². The van der Waals surface area contributed by atoms with Crippen molar-refractivity contribution in [2.24, 2.45) is 0 Å². The fourth-order valence-corrected chi connectivity index (χ4v) is 0.447. The molecule has 0 bridgehead atoms. The highest BCUT2D eigenvalue weighted by molar-refractivity contribution is 4.83. The van der Waals surface area contributed by atoms with Crippen LogP contribution in [0.2, 0.25) is 0 Å². The van der Waals surface area contributed by atoms with Gasteiger partial charge in [-0.1, -0.05) is 0 Å². The Labute approximate surface area is 64.2 Å². The van der Waals surface area contributed by atoms with E-state index in [0.717, 1.165) is 0 Å². The predicted octanol–water partition coefficient (Wildman–Crippen LogP) is 2.52. The van der Waals surface area contributed by atoms with Crippen molar-refractivity contribution >= 4 is 0 Å². The highest BCUT2D eigenvalue weighted by Crippen LogP contribution is 2.37. The second-order valence-electron chi connectivity index (χ2n) is 2.11. The summed E-state index contributed by atoms with van der Waals surface area (Å²) in [6.45, 7) is -3.67. The van der Waals surface area contributed by atoms with Crippen molar-refractivity contribution in [3.8, 4) is 0 Å². The predicted molar refractivity (Wildman–Crippen MR) is 27.5 cm³/mol. The van der Waals surface area contributed by atoms with Gasteiger partial charge in [-0.05, 0) is 4.53 Å². The summed E-state index contributed by atoms with van der Waals surface area (Å²) in [5, 5.41) is 0. The second kappa shape index (κ2) is 3.97. The van der Waals surface area contributed by atoms with Crippen LogP contribution in [-0.4, -0.2) is 25.1 Å². The summed E-state index contributed by atoms with van der Waals surface area (Å²) in [5.74, 6) is -9.33. The van der Waals surface area contributed by atoms with Crippen LogP contribution in [0.25, 0.3) is 0 Å². The molecule has 0 saturated heterocycles. The highest BCUT2D eigenvalue weighted by atomic mass is 19.3. The maximum Gasteiger partial charge on any atom is 0.337 e. The minimum absolute atomic E-state index is 1.19. The summed E-state index contributed by atoms with van der Waals surface area (Å²) in [6, 6.07) is 0. The molecule has 0 aromatic heterocycles. The molecule has 0 fully saturated rings. The molecular formula is C5H6F6O. The van der Waals surface area contributed by atoms with Gasteiger partial charge in [-0.15, -0.1) is 0 Å². The Kier molecular flexibility index (Phi) is 3.82. The van der Waals surface area contributed by atoms with E-state index in [2.05, 4.69) is 4.94 Å². The van der Waals surface area contributed by atoms with E-state index in [1.54, 1.807) is 0 Å². The van der Waals surface area contributed by atoms with Gasteiger partial charge in [0, 0.05) is 6.42 Å². The number of halogens is 6. The van der Waals surface area contributed by atoms with Crippen molar-refractivity contribution in [2.75, 3.05) is 13.3 Å². The van der Waals surface area contributed by atoms with Gasteiger partial charge in [0.05, 0.1) is 6.61 Å². The Morgan fingerprint density at radius 1 is 1.00 bits per heavy atom. The third-order valence-electron chi connectivity index (χ3n) is 1.20. The molecule has 0 saturated carbocycles. The van der Waals surface area contributed by atoms with E-state index in [1.807, 2.05) is 0 Å². The molecule has 0 atom stereocenters. The molecule has 0 aliphatic heterocycles. The van der Waals surface area contributed by atoms with Crippen molar-refractivity contribution in [1.29, 1.82) is 0 Å². The molecule has 0 aromatic rings. The molecule has 0 unspecified atom stereocenters. The second-order valence-corrected chi connectivity index (χ2v) is 2.11. The summed E-state index contributed by atoms with van der Waals surface area (Å²) in [5.41, 5.74) is 0. The van der Waals surface area contributed by atoms with Gasteiger partial charge in [0.2, 0.25) is 0 Å². The fourth-order valence-electron chi connectivity index (χ4n) is 0.447. The van der Waals surface area contributed by atoms with Crippen molar-refractivity contribution in [2.45, 2.75) is 18.3 Å². The molecule has 0 aliphatic rings. The van der Waals surface area contributed by atoms with Crippen molar-refractivity contribution in [3.05, 3.63) is 0 Å². The van der Waals surface area contributed by atoms with E-state index in [-0.39, 0.29) is 0 Å². The molecule has 12 heavy (non-hydrogen) atoms. The summed E-state index contributed by atoms with van der Waals surface area (Å²) >= 11 is 0. The molecule has 0 radical (unpaired) electrons. The van der Waals surface area contributed by atoms with Crippen LogP contribution in [0.15, 0.2) is 0 Å². The molecule has 1 nitrogen and oxygen atoms in total. The third-order valence-corrected chi connectivity index (χ3v) is 1.20. The van der Waals surface area contributed by atoms with Crippen LogP contribution < -0.4 is 0 Å². The van der Waals surface area contributed by atoms with Gasteiger partial charge >= 0.3 is 11.8 Å². The Bertz CT molecular complexity index is 136. The molecule has 0 aliphatic carbocycles. The number of rotatable bonds is 5. The van der Waals surface area contributed by atoms with Gasteiger partial charge < -0.3 is 0 Å².